The molecule has 0 radical (unpaired) electrons. The molecule has 0 heterocycles. The van der Waals surface area contributed by atoms with Crippen molar-refractivity contribution in [3.8, 4) is 11.5 Å². The highest BCUT2D eigenvalue weighted by Gasteiger charge is 2.31. The average Bonchev–Trinajstić information content (AvgIpc) is 2.14. The summed E-state index contributed by atoms with van der Waals surface area (Å²) in [6.07, 6.45) is -4.74. The van der Waals surface area contributed by atoms with E-state index >= 15 is 0 Å². The lowest BCUT2D eigenvalue weighted by Crippen LogP contribution is -2.17. The van der Waals surface area contributed by atoms with Gasteiger partial charge in [0.25, 0.3) is 0 Å². The molecule has 0 saturated heterocycles. The van der Waals surface area contributed by atoms with Gasteiger partial charge in [0.2, 0.25) is 0 Å². The number of hydrogen-bond acceptors (Lipinski definition) is 3. The number of methoxy groups -OCH3 is 1. The van der Waals surface area contributed by atoms with Crippen molar-refractivity contribution < 1.29 is 27.8 Å². The Kier molecular flexibility index (Phi) is 3.64. The van der Waals surface area contributed by atoms with E-state index in [0.29, 0.717) is 11.3 Å². The third-order valence-electron chi connectivity index (χ3n) is 1.93. The van der Waals surface area contributed by atoms with Crippen LogP contribution >= 0.6 is 0 Å². The van der Waals surface area contributed by atoms with E-state index in [0.717, 1.165) is 6.07 Å². The molecule has 1 aromatic rings. The predicted octanol–water partition coefficient (Wildman–Crippen LogP) is 2.39. The van der Waals surface area contributed by atoms with Gasteiger partial charge in [-0.3, -0.25) is 0 Å². The summed E-state index contributed by atoms with van der Waals surface area (Å²) in [4.78, 5) is 0. The molecule has 3 nitrogen and oxygen atoms in total. The van der Waals surface area contributed by atoms with E-state index in [1.807, 2.05) is 0 Å². The molecule has 1 N–H and O–H groups in total. The standard InChI is InChI=1S/C10H11F3O3/c1-6-3-8(16-10(11,12)13)4-7(5-14)9(6)15-2/h3-4,14H,5H2,1-2H3. The second kappa shape index (κ2) is 4.61. The molecule has 0 saturated carbocycles. The van der Waals surface area contributed by atoms with Crippen LogP contribution in [-0.2, 0) is 6.61 Å². The zero-order valence-electron chi connectivity index (χ0n) is 8.76. The number of alkyl halides is 3. The fourth-order valence-electron chi connectivity index (χ4n) is 1.41. The normalized spacial score (nSPS) is 11.4. The SMILES string of the molecule is COc1c(C)cc(OC(F)(F)F)cc1CO. The van der Waals surface area contributed by atoms with Gasteiger partial charge in [0, 0.05) is 5.56 Å². The maximum atomic E-state index is 12.0. The van der Waals surface area contributed by atoms with Gasteiger partial charge >= 0.3 is 6.36 Å². The molecule has 6 heteroatoms. The monoisotopic (exact) mass is 236 g/mol. The van der Waals surface area contributed by atoms with Crippen LogP contribution in [-0.4, -0.2) is 18.6 Å². The summed E-state index contributed by atoms with van der Waals surface area (Å²) in [6.45, 7) is 1.15. The van der Waals surface area contributed by atoms with Gasteiger partial charge in [0.05, 0.1) is 13.7 Å². The molecule has 0 aliphatic rings. The fraction of sp³-hybridized carbons (Fsp3) is 0.400. The second-order valence-electron chi connectivity index (χ2n) is 3.14. The van der Waals surface area contributed by atoms with Crippen LogP contribution in [0.3, 0.4) is 0 Å². The van der Waals surface area contributed by atoms with Gasteiger partial charge in [-0.2, -0.15) is 0 Å². The van der Waals surface area contributed by atoms with Crippen molar-refractivity contribution in [2.24, 2.45) is 0 Å². The van der Waals surface area contributed by atoms with Crippen LogP contribution in [0.2, 0.25) is 0 Å². The maximum absolute atomic E-state index is 12.0. The first-order valence-electron chi connectivity index (χ1n) is 4.41. The minimum Gasteiger partial charge on any atom is -0.496 e. The van der Waals surface area contributed by atoms with Crippen LogP contribution in [0.5, 0.6) is 11.5 Å². The highest BCUT2D eigenvalue weighted by Crippen LogP contribution is 2.31. The highest BCUT2D eigenvalue weighted by atomic mass is 19.4. The molecule has 0 aliphatic heterocycles. The van der Waals surface area contributed by atoms with E-state index in [1.165, 1.54) is 13.2 Å². The highest BCUT2D eigenvalue weighted by molar-refractivity contribution is 5.46. The lowest BCUT2D eigenvalue weighted by molar-refractivity contribution is -0.274. The van der Waals surface area contributed by atoms with Gasteiger partial charge in [-0.25, -0.2) is 0 Å². The van der Waals surface area contributed by atoms with Crippen LogP contribution < -0.4 is 9.47 Å². The van der Waals surface area contributed by atoms with E-state index in [-0.39, 0.29) is 11.3 Å². The van der Waals surface area contributed by atoms with E-state index in [2.05, 4.69) is 4.74 Å². The van der Waals surface area contributed by atoms with Crippen LogP contribution in [0, 0.1) is 6.92 Å². The van der Waals surface area contributed by atoms with Crippen molar-refractivity contribution >= 4 is 0 Å². The Hall–Kier alpha value is -1.43. The third-order valence-corrected chi connectivity index (χ3v) is 1.93. The Bertz CT molecular complexity index is 374. The van der Waals surface area contributed by atoms with Crippen molar-refractivity contribution in [2.45, 2.75) is 19.9 Å². The Morgan fingerprint density at radius 2 is 1.94 bits per heavy atom. The van der Waals surface area contributed by atoms with Crippen LogP contribution in [0.1, 0.15) is 11.1 Å². The number of aliphatic hydroxyl groups excluding tert-OH is 1. The molecule has 1 aromatic carbocycles. The molecule has 0 amide bonds. The number of aliphatic hydroxyl groups is 1. The molecule has 0 atom stereocenters. The van der Waals surface area contributed by atoms with E-state index in [4.69, 9.17) is 9.84 Å². The van der Waals surface area contributed by atoms with E-state index in [1.54, 1.807) is 6.92 Å². The number of hydrogen-bond donors (Lipinski definition) is 1. The summed E-state index contributed by atoms with van der Waals surface area (Å²) in [6, 6.07) is 2.30. The van der Waals surface area contributed by atoms with Crippen molar-refractivity contribution in [1.82, 2.24) is 0 Å². The quantitative estimate of drug-likeness (QED) is 0.875. The lowest BCUT2D eigenvalue weighted by Gasteiger charge is -2.14. The molecule has 0 unspecified atom stereocenters. The van der Waals surface area contributed by atoms with Crippen molar-refractivity contribution in [1.29, 1.82) is 0 Å². The molecule has 0 aliphatic carbocycles. The third kappa shape index (κ3) is 3.03. The van der Waals surface area contributed by atoms with Crippen LogP contribution in [0.15, 0.2) is 12.1 Å². The van der Waals surface area contributed by atoms with E-state index < -0.39 is 13.0 Å². The first kappa shape index (κ1) is 12.6. The van der Waals surface area contributed by atoms with Crippen molar-refractivity contribution in [2.75, 3.05) is 7.11 Å². The number of ether oxygens (including phenoxy) is 2. The molecule has 0 aromatic heterocycles. The van der Waals surface area contributed by atoms with Crippen LogP contribution in [0.25, 0.3) is 0 Å². The Morgan fingerprint density at radius 1 is 1.31 bits per heavy atom. The number of benzene rings is 1. The molecule has 90 valence electrons. The predicted molar refractivity (Wildman–Crippen MR) is 50.3 cm³/mol. The summed E-state index contributed by atoms with van der Waals surface area (Å²) >= 11 is 0. The van der Waals surface area contributed by atoms with Gasteiger partial charge in [0.1, 0.15) is 11.5 Å². The number of rotatable bonds is 3. The Balaban J connectivity index is 3.10. The minimum atomic E-state index is -4.74. The average molecular weight is 236 g/mol. The van der Waals surface area contributed by atoms with Gasteiger partial charge in [0.15, 0.2) is 0 Å². The summed E-state index contributed by atoms with van der Waals surface area (Å²) in [5, 5.41) is 8.98. The summed E-state index contributed by atoms with van der Waals surface area (Å²) in [5.74, 6) is -0.00752. The zero-order chi connectivity index (χ0) is 12.3. The second-order valence-corrected chi connectivity index (χ2v) is 3.14. The molecule has 1 rings (SSSR count). The largest absolute Gasteiger partial charge is 0.573 e. The lowest BCUT2D eigenvalue weighted by atomic mass is 10.1. The molecule has 0 spiro atoms. The molecule has 16 heavy (non-hydrogen) atoms. The van der Waals surface area contributed by atoms with Gasteiger partial charge in [-0.15, -0.1) is 13.2 Å². The minimum absolute atomic E-state index is 0.252. The van der Waals surface area contributed by atoms with Crippen LogP contribution in [0.4, 0.5) is 13.2 Å². The summed E-state index contributed by atoms with van der Waals surface area (Å²) < 4.78 is 44.6. The topological polar surface area (TPSA) is 38.7 Å². The van der Waals surface area contributed by atoms with Gasteiger partial charge in [-0.05, 0) is 24.6 Å². The molecular formula is C10H11F3O3. The number of aryl methyl sites for hydroxylation is 1. The smallest absolute Gasteiger partial charge is 0.496 e. The summed E-state index contributed by atoms with van der Waals surface area (Å²) in [7, 11) is 1.38. The van der Waals surface area contributed by atoms with Gasteiger partial charge < -0.3 is 14.6 Å². The summed E-state index contributed by atoms with van der Waals surface area (Å²) in [5.41, 5.74) is 0.718. The molecular weight excluding hydrogens is 225 g/mol. The zero-order valence-corrected chi connectivity index (χ0v) is 8.76. The van der Waals surface area contributed by atoms with E-state index in [9.17, 15) is 13.2 Å². The molecule has 0 fully saturated rings. The first-order chi connectivity index (χ1) is 7.37. The van der Waals surface area contributed by atoms with Crippen molar-refractivity contribution in [3.63, 3.8) is 0 Å². The Labute approximate surface area is 90.4 Å². The number of halogens is 3. The maximum Gasteiger partial charge on any atom is 0.573 e. The fourth-order valence-corrected chi connectivity index (χ4v) is 1.41. The Morgan fingerprint density at radius 3 is 2.38 bits per heavy atom. The van der Waals surface area contributed by atoms with Gasteiger partial charge in [-0.1, -0.05) is 0 Å². The first-order valence-corrected chi connectivity index (χ1v) is 4.41. The molecule has 0 bridgehead atoms. The van der Waals surface area contributed by atoms with Crippen molar-refractivity contribution in [3.05, 3.63) is 23.3 Å².